The largest absolute Gasteiger partial charge is 0.351 e. The Kier molecular flexibility index (Phi) is 6.15. The lowest BCUT2D eigenvalue weighted by atomic mass is 10.2. The average Bonchev–Trinajstić information content (AvgIpc) is 2.70. The highest BCUT2D eigenvalue weighted by molar-refractivity contribution is 9.09. The molecular formula is C11H18BrN3O. The summed E-state index contributed by atoms with van der Waals surface area (Å²) in [6, 6.07) is 1.72. The molecule has 0 bridgehead atoms. The summed E-state index contributed by atoms with van der Waals surface area (Å²) in [6.45, 7) is 0.734. The van der Waals surface area contributed by atoms with Gasteiger partial charge in [0.2, 0.25) is 0 Å². The number of hydrogen-bond acceptors (Lipinski definition) is 2. The summed E-state index contributed by atoms with van der Waals surface area (Å²) in [7, 11) is 1.80. The molecule has 16 heavy (non-hydrogen) atoms. The molecule has 0 atom stereocenters. The number of nitrogens with zero attached hydrogens (tertiary/aromatic N) is 2. The molecular weight excluding hydrogens is 270 g/mol. The van der Waals surface area contributed by atoms with E-state index in [9.17, 15) is 4.79 Å². The topological polar surface area (TPSA) is 46.9 Å². The van der Waals surface area contributed by atoms with Crippen molar-refractivity contribution in [3.05, 3.63) is 18.0 Å². The second kappa shape index (κ2) is 7.44. The molecule has 1 heterocycles. The number of halogens is 1. The minimum Gasteiger partial charge on any atom is -0.351 e. The second-order valence-corrected chi connectivity index (χ2v) is 4.53. The summed E-state index contributed by atoms with van der Waals surface area (Å²) >= 11 is 3.39. The van der Waals surface area contributed by atoms with Gasteiger partial charge in [0.1, 0.15) is 5.69 Å². The molecule has 0 saturated carbocycles. The number of amides is 1. The van der Waals surface area contributed by atoms with Gasteiger partial charge in [-0.1, -0.05) is 28.8 Å². The standard InChI is InChI=1S/C11H18BrN3O/c1-15-9-6-10(14-15)11(16)13-8-5-3-2-4-7-12/h6,9H,2-5,7-8H2,1H3,(H,13,16). The lowest BCUT2D eigenvalue weighted by molar-refractivity contribution is 0.0947. The van der Waals surface area contributed by atoms with Crippen molar-refractivity contribution >= 4 is 21.8 Å². The summed E-state index contributed by atoms with van der Waals surface area (Å²) in [4.78, 5) is 11.6. The van der Waals surface area contributed by atoms with E-state index in [2.05, 4.69) is 26.3 Å². The molecule has 0 aliphatic heterocycles. The summed E-state index contributed by atoms with van der Waals surface area (Å²) in [6.07, 6.45) is 6.38. The van der Waals surface area contributed by atoms with Gasteiger partial charge in [0.15, 0.2) is 0 Å². The molecule has 0 radical (unpaired) electrons. The Bertz CT molecular complexity index is 325. The van der Waals surface area contributed by atoms with E-state index in [1.165, 1.54) is 12.8 Å². The van der Waals surface area contributed by atoms with Crippen molar-refractivity contribution in [3.63, 3.8) is 0 Å². The van der Waals surface area contributed by atoms with Crippen molar-refractivity contribution in [2.45, 2.75) is 25.7 Å². The smallest absolute Gasteiger partial charge is 0.271 e. The van der Waals surface area contributed by atoms with Crippen molar-refractivity contribution < 1.29 is 4.79 Å². The molecule has 5 heteroatoms. The van der Waals surface area contributed by atoms with E-state index >= 15 is 0 Å². The third-order valence-electron chi connectivity index (χ3n) is 2.29. The quantitative estimate of drug-likeness (QED) is 0.617. The van der Waals surface area contributed by atoms with Crippen molar-refractivity contribution in [2.24, 2.45) is 7.05 Å². The van der Waals surface area contributed by atoms with E-state index < -0.39 is 0 Å². The Morgan fingerprint density at radius 1 is 1.44 bits per heavy atom. The molecule has 0 spiro atoms. The van der Waals surface area contributed by atoms with E-state index in [0.29, 0.717) is 5.69 Å². The third kappa shape index (κ3) is 4.79. The number of unbranched alkanes of at least 4 members (excludes halogenated alkanes) is 3. The number of carbonyl (C=O) groups is 1. The van der Waals surface area contributed by atoms with E-state index in [1.807, 2.05) is 0 Å². The van der Waals surface area contributed by atoms with Gasteiger partial charge in [-0.2, -0.15) is 5.10 Å². The van der Waals surface area contributed by atoms with Crippen LogP contribution < -0.4 is 5.32 Å². The Labute approximate surface area is 105 Å². The maximum absolute atomic E-state index is 11.6. The molecule has 90 valence electrons. The minimum atomic E-state index is -0.0823. The van der Waals surface area contributed by atoms with Crippen LogP contribution in [-0.4, -0.2) is 27.6 Å². The second-order valence-electron chi connectivity index (χ2n) is 3.73. The highest BCUT2D eigenvalue weighted by Gasteiger charge is 2.06. The third-order valence-corrected chi connectivity index (χ3v) is 2.85. The molecule has 0 aliphatic carbocycles. The van der Waals surface area contributed by atoms with Crippen LogP contribution in [0.25, 0.3) is 0 Å². The number of alkyl halides is 1. The fraction of sp³-hybridized carbons (Fsp3) is 0.636. The summed E-state index contributed by atoms with van der Waals surface area (Å²) < 4.78 is 1.63. The molecule has 0 unspecified atom stereocenters. The van der Waals surface area contributed by atoms with E-state index in [-0.39, 0.29) is 5.91 Å². The first-order chi connectivity index (χ1) is 7.74. The highest BCUT2D eigenvalue weighted by atomic mass is 79.9. The Hall–Kier alpha value is -0.840. The van der Waals surface area contributed by atoms with Gasteiger partial charge in [-0.3, -0.25) is 9.48 Å². The van der Waals surface area contributed by atoms with Crippen LogP contribution >= 0.6 is 15.9 Å². The number of hydrogen-bond donors (Lipinski definition) is 1. The molecule has 0 aromatic carbocycles. The van der Waals surface area contributed by atoms with Gasteiger partial charge in [-0.15, -0.1) is 0 Å². The van der Waals surface area contributed by atoms with Crippen LogP contribution in [0.2, 0.25) is 0 Å². The lowest BCUT2D eigenvalue weighted by Gasteiger charge is -2.02. The van der Waals surface area contributed by atoms with Gasteiger partial charge in [0, 0.05) is 25.1 Å². The first-order valence-corrected chi connectivity index (χ1v) is 6.70. The van der Waals surface area contributed by atoms with Gasteiger partial charge in [0.05, 0.1) is 0 Å². The minimum absolute atomic E-state index is 0.0823. The number of aromatic nitrogens is 2. The first kappa shape index (κ1) is 13.2. The lowest BCUT2D eigenvalue weighted by Crippen LogP contribution is -2.24. The predicted molar refractivity (Wildman–Crippen MR) is 67.8 cm³/mol. The van der Waals surface area contributed by atoms with Crippen LogP contribution in [0.3, 0.4) is 0 Å². The molecule has 1 aromatic heterocycles. The van der Waals surface area contributed by atoms with Crippen molar-refractivity contribution in [1.82, 2.24) is 15.1 Å². The van der Waals surface area contributed by atoms with Gasteiger partial charge >= 0.3 is 0 Å². The first-order valence-electron chi connectivity index (χ1n) is 5.58. The highest BCUT2D eigenvalue weighted by Crippen LogP contribution is 2.01. The fourth-order valence-corrected chi connectivity index (χ4v) is 1.80. The van der Waals surface area contributed by atoms with E-state index in [1.54, 1.807) is 24.0 Å². The van der Waals surface area contributed by atoms with Crippen LogP contribution in [-0.2, 0) is 7.05 Å². The number of nitrogens with one attached hydrogen (secondary N) is 1. The van der Waals surface area contributed by atoms with E-state index in [0.717, 1.165) is 24.7 Å². The number of rotatable bonds is 7. The van der Waals surface area contributed by atoms with Crippen LogP contribution in [0.5, 0.6) is 0 Å². The molecule has 1 aromatic rings. The molecule has 1 rings (SSSR count). The zero-order valence-corrected chi connectivity index (χ0v) is 11.2. The van der Waals surface area contributed by atoms with Gasteiger partial charge in [-0.25, -0.2) is 0 Å². The van der Waals surface area contributed by atoms with Gasteiger partial charge in [-0.05, 0) is 18.9 Å². The monoisotopic (exact) mass is 287 g/mol. The maximum atomic E-state index is 11.6. The molecule has 1 amide bonds. The Balaban J connectivity index is 2.11. The summed E-state index contributed by atoms with van der Waals surface area (Å²) in [5.41, 5.74) is 0.489. The number of aryl methyl sites for hydroxylation is 1. The van der Waals surface area contributed by atoms with Crippen molar-refractivity contribution in [1.29, 1.82) is 0 Å². The normalized spacial score (nSPS) is 10.4. The van der Waals surface area contributed by atoms with E-state index in [4.69, 9.17) is 0 Å². The summed E-state index contributed by atoms with van der Waals surface area (Å²) in [5.74, 6) is -0.0823. The van der Waals surface area contributed by atoms with Crippen LogP contribution in [0.1, 0.15) is 36.2 Å². The fourth-order valence-electron chi connectivity index (χ4n) is 1.40. The molecule has 0 saturated heterocycles. The Morgan fingerprint density at radius 3 is 2.81 bits per heavy atom. The van der Waals surface area contributed by atoms with Crippen LogP contribution in [0.4, 0.5) is 0 Å². The van der Waals surface area contributed by atoms with Crippen LogP contribution in [0, 0.1) is 0 Å². The van der Waals surface area contributed by atoms with Gasteiger partial charge in [0.25, 0.3) is 5.91 Å². The molecule has 0 aliphatic rings. The molecule has 4 nitrogen and oxygen atoms in total. The SMILES string of the molecule is Cn1ccc(C(=O)NCCCCCCBr)n1. The van der Waals surface area contributed by atoms with Crippen molar-refractivity contribution in [3.8, 4) is 0 Å². The molecule has 0 fully saturated rings. The molecule has 1 N–H and O–H groups in total. The van der Waals surface area contributed by atoms with Crippen molar-refractivity contribution in [2.75, 3.05) is 11.9 Å². The maximum Gasteiger partial charge on any atom is 0.271 e. The average molecular weight is 288 g/mol. The number of carbonyl (C=O) groups excluding carboxylic acids is 1. The zero-order valence-electron chi connectivity index (χ0n) is 9.58. The van der Waals surface area contributed by atoms with Crippen LogP contribution in [0.15, 0.2) is 12.3 Å². The summed E-state index contributed by atoms with van der Waals surface area (Å²) in [5, 5.41) is 7.96. The Morgan fingerprint density at radius 2 is 2.19 bits per heavy atom. The van der Waals surface area contributed by atoms with Gasteiger partial charge < -0.3 is 5.32 Å². The zero-order chi connectivity index (χ0) is 11.8. The predicted octanol–water partition coefficient (Wildman–Crippen LogP) is 2.11.